The molecule has 2 amide bonds. The second kappa shape index (κ2) is 4.62. The van der Waals surface area contributed by atoms with E-state index in [2.05, 4.69) is 16.8 Å². The molecule has 0 aromatic carbocycles. The molecule has 0 spiro atoms. The van der Waals surface area contributed by atoms with Crippen LogP contribution in [0.1, 0.15) is 26.7 Å². The summed E-state index contributed by atoms with van der Waals surface area (Å²) in [6, 6.07) is 1.42. The van der Waals surface area contributed by atoms with Crippen LogP contribution in [0.15, 0.2) is 0 Å². The highest BCUT2D eigenvalue weighted by molar-refractivity contribution is 5.74. The standard InChI is InChI=1S/C12H23N3O/c1-4-14(5-2)12(16)15-8-10-6-7-11(9-15)13(10)3/h10-11H,4-9H2,1-3H3/t10-,11-/m0/s1. The van der Waals surface area contributed by atoms with Gasteiger partial charge in [-0.2, -0.15) is 0 Å². The van der Waals surface area contributed by atoms with Crippen LogP contribution in [0.5, 0.6) is 0 Å². The van der Waals surface area contributed by atoms with Crippen molar-refractivity contribution >= 4 is 6.03 Å². The zero-order chi connectivity index (χ0) is 11.7. The quantitative estimate of drug-likeness (QED) is 0.706. The molecule has 2 fully saturated rings. The molecule has 2 bridgehead atoms. The van der Waals surface area contributed by atoms with E-state index >= 15 is 0 Å². The maximum Gasteiger partial charge on any atom is 0.320 e. The number of likely N-dealkylation sites (N-methyl/N-ethyl adjacent to an activating group) is 1. The Morgan fingerprint density at radius 2 is 1.69 bits per heavy atom. The third-order valence-corrected chi connectivity index (χ3v) is 4.15. The van der Waals surface area contributed by atoms with E-state index in [1.54, 1.807) is 0 Å². The van der Waals surface area contributed by atoms with Gasteiger partial charge in [-0.05, 0) is 33.7 Å². The maximum absolute atomic E-state index is 12.2. The minimum absolute atomic E-state index is 0.231. The zero-order valence-electron chi connectivity index (χ0n) is 10.6. The van der Waals surface area contributed by atoms with Crippen LogP contribution in [-0.4, -0.2) is 66.0 Å². The van der Waals surface area contributed by atoms with E-state index < -0.39 is 0 Å². The van der Waals surface area contributed by atoms with Crippen molar-refractivity contribution in [2.45, 2.75) is 38.8 Å². The topological polar surface area (TPSA) is 26.8 Å². The minimum Gasteiger partial charge on any atom is -0.325 e. The van der Waals surface area contributed by atoms with Gasteiger partial charge in [0.1, 0.15) is 0 Å². The summed E-state index contributed by atoms with van der Waals surface area (Å²) >= 11 is 0. The molecular formula is C12H23N3O. The van der Waals surface area contributed by atoms with E-state index in [-0.39, 0.29) is 6.03 Å². The molecule has 0 aromatic rings. The molecule has 4 nitrogen and oxygen atoms in total. The number of hydrogen-bond donors (Lipinski definition) is 0. The average Bonchev–Trinajstić information content (AvgIpc) is 2.54. The molecule has 2 aliphatic rings. The van der Waals surface area contributed by atoms with Crippen molar-refractivity contribution in [3.05, 3.63) is 0 Å². The lowest BCUT2D eigenvalue weighted by atomic mass is 10.2. The van der Waals surface area contributed by atoms with Crippen molar-refractivity contribution in [3.8, 4) is 0 Å². The van der Waals surface area contributed by atoms with Gasteiger partial charge in [-0.25, -0.2) is 4.79 Å². The van der Waals surface area contributed by atoms with E-state index in [0.29, 0.717) is 12.1 Å². The van der Waals surface area contributed by atoms with Gasteiger partial charge >= 0.3 is 6.03 Å². The van der Waals surface area contributed by atoms with Crippen molar-refractivity contribution in [3.63, 3.8) is 0 Å². The fourth-order valence-corrected chi connectivity index (χ4v) is 2.96. The summed E-state index contributed by atoms with van der Waals surface area (Å²) in [6.07, 6.45) is 2.51. The highest BCUT2D eigenvalue weighted by Crippen LogP contribution is 2.28. The van der Waals surface area contributed by atoms with Gasteiger partial charge in [-0.15, -0.1) is 0 Å². The van der Waals surface area contributed by atoms with Crippen molar-refractivity contribution in [1.29, 1.82) is 0 Å². The second-order valence-corrected chi connectivity index (χ2v) is 4.91. The largest absolute Gasteiger partial charge is 0.325 e. The van der Waals surface area contributed by atoms with Gasteiger partial charge in [-0.3, -0.25) is 4.90 Å². The first-order valence-electron chi connectivity index (χ1n) is 6.43. The van der Waals surface area contributed by atoms with E-state index in [0.717, 1.165) is 26.2 Å². The molecule has 2 rings (SSSR count). The van der Waals surface area contributed by atoms with Gasteiger partial charge in [0.25, 0.3) is 0 Å². The highest BCUT2D eigenvalue weighted by Gasteiger charge is 2.39. The molecule has 0 saturated carbocycles. The second-order valence-electron chi connectivity index (χ2n) is 4.91. The number of nitrogens with zero attached hydrogens (tertiary/aromatic N) is 3. The molecule has 92 valence electrons. The molecular weight excluding hydrogens is 202 g/mol. The molecule has 4 heteroatoms. The van der Waals surface area contributed by atoms with Crippen LogP contribution < -0.4 is 0 Å². The first kappa shape index (κ1) is 11.7. The fourth-order valence-electron chi connectivity index (χ4n) is 2.96. The molecule has 2 saturated heterocycles. The molecule has 0 aromatic heterocycles. The minimum atomic E-state index is 0.231. The van der Waals surface area contributed by atoms with E-state index in [1.165, 1.54) is 12.8 Å². The van der Waals surface area contributed by atoms with Crippen molar-refractivity contribution < 1.29 is 4.79 Å². The van der Waals surface area contributed by atoms with Crippen LogP contribution in [-0.2, 0) is 0 Å². The van der Waals surface area contributed by atoms with Gasteiger partial charge in [0.15, 0.2) is 0 Å². The predicted molar refractivity (Wildman–Crippen MR) is 64.5 cm³/mol. The van der Waals surface area contributed by atoms with E-state index in [1.807, 2.05) is 18.7 Å². The van der Waals surface area contributed by atoms with Crippen molar-refractivity contribution in [1.82, 2.24) is 14.7 Å². The Balaban J connectivity index is 1.99. The summed E-state index contributed by atoms with van der Waals surface area (Å²) in [7, 11) is 2.20. The molecule has 2 heterocycles. The van der Waals surface area contributed by atoms with Crippen LogP contribution in [0.3, 0.4) is 0 Å². The monoisotopic (exact) mass is 225 g/mol. The number of carbonyl (C=O) groups excluding carboxylic acids is 1. The lowest BCUT2D eigenvalue weighted by molar-refractivity contribution is 0.0864. The fraction of sp³-hybridized carbons (Fsp3) is 0.917. The van der Waals surface area contributed by atoms with E-state index in [4.69, 9.17) is 0 Å². The van der Waals surface area contributed by atoms with Crippen LogP contribution in [0.25, 0.3) is 0 Å². The molecule has 0 N–H and O–H groups in total. The number of rotatable bonds is 2. The lowest BCUT2D eigenvalue weighted by Gasteiger charge is -2.40. The Bertz CT molecular complexity index is 251. The molecule has 16 heavy (non-hydrogen) atoms. The summed E-state index contributed by atoms with van der Waals surface area (Å²) in [5, 5.41) is 0. The zero-order valence-corrected chi connectivity index (χ0v) is 10.6. The van der Waals surface area contributed by atoms with Gasteiger partial charge in [0, 0.05) is 38.3 Å². The van der Waals surface area contributed by atoms with Crippen LogP contribution >= 0.6 is 0 Å². The molecule has 0 radical (unpaired) electrons. The van der Waals surface area contributed by atoms with E-state index in [9.17, 15) is 4.79 Å². The SMILES string of the molecule is CCN(CC)C(=O)N1C[C@@H]2CC[C@@H](C1)N2C. The molecule has 0 unspecified atom stereocenters. The summed E-state index contributed by atoms with van der Waals surface area (Å²) in [5.41, 5.74) is 0. The molecule has 2 aliphatic heterocycles. The Labute approximate surface area is 98.2 Å². The number of urea groups is 1. The van der Waals surface area contributed by atoms with Gasteiger partial charge in [0.2, 0.25) is 0 Å². The van der Waals surface area contributed by atoms with Crippen LogP contribution in [0.2, 0.25) is 0 Å². The first-order valence-corrected chi connectivity index (χ1v) is 6.43. The summed E-state index contributed by atoms with van der Waals surface area (Å²) < 4.78 is 0. The normalized spacial score (nSPS) is 29.6. The van der Waals surface area contributed by atoms with Gasteiger partial charge in [-0.1, -0.05) is 0 Å². The summed E-state index contributed by atoms with van der Waals surface area (Å²) in [4.78, 5) is 18.6. The van der Waals surface area contributed by atoms with Crippen molar-refractivity contribution in [2.24, 2.45) is 0 Å². The number of carbonyl (C=O) groups is 1. The predicted octanol–water partition coefficient (Wildman–Crippen LogP) is 1.23. The number of hydrogen-bond acceptors (Lipinski definition) is 2. The highest BCUT2D eigenvalue weighted by atomic mass is 16.2. The Morgan fingerprint density at radius 1 is 1.19 bits per heavy atom. The molecule has 0 aliphatic carbocycles. The summed E-state index contributed by atoms with van der Waals surface area (Å²) in [6.45, 7) is 7.57. The number of amides is 2. The Hall–Kier alpha value is -0.770. The summed E-state index contributed by atoms with van der Waals surface area (Å²) in [5.74, 6) is 0. The van der Waals surface area contributed by atoms with Gasteiger partial charge in [0.05, 0.1) is 0 Å². The molecule has 2 atom stereocenters. The third-order valence-electron chi connectivity index (χ3n) is 4.15. The average molecular weight is 225 g/mol. The van der Waals surface area contributed by atoms with Crippen LogP contribution in [0, 0.1) is 0 Å². The maximum atomic E-state index is 12.2. The number of piperazine rings is 1. The smallest absolute Gasteiger partial charge is 0.320 e. The Kier molecular flexibility index (Phi) is 3.38. The number of likely N-dealkylation sites (tertiary alicyclic amines) is 1. The lowest BCUT2D eigenvalue weighted by Crippen LogP contribution is -2.56. The van der Waals surface area contributed by atoms with Gasteiger partial charge < -0.3 is 9.80 Å². The first-order chi connectivity index (χ1) is 7.67. The third kappa shape index (κ3) is 1.90. The Morgan fingerprint density at radius 3 is 2.12 bits per heavy atom. The van der Waals surface area contributed by atoms with Crippen LogP contribution in [0.4, 0.5) is 4.79 Å². The van der Waals surface area contributed by atoms with Crippen molar-refractivity contribution in [2.75, 3.05) is 33.2 Å². The number of fused-ring (bicyclic) bond motifs is 2.